The molecule has 1 aliphatic rings. The first-order valence-electron chi connectivity index (χ1n) is 12.6. The van der Waals surface area contributed by atoms with Gasteiger partial charge in [0.25, 0.3) is 0 Å². The summed E-state index contributed by atoms with van der Waals surface area (Å²) in [6.07, 6.45) is 0.696. The van der Waals surface area contributed by atoms with Crippen molar-refractivity contribution < 1.29 is 28.2 Å². The Hall–Kier alpha value is -3.15. The zero-order valence-corrected chi connectivity index (χ0v) is 24.7. The molecule has 4 rings (SSSR count). The van der Waals surface area contributed by atoms with Crippen molar-refractivity contribution in [2.45, 2.75) is 57.5 Å². The Morgan fingerprint density at radius 3 is 2.64 bits per heavy atom. The lowest BCUT2D eigenvalue weighted by molar-refractivity contribution is 0.120. The van der Waals surface area contributed by atoms with Crippen molar-refractivity contribution in [3.8, 4) is 11.5 Å². The number of amides is 1. The average molecular weight is 577 g/mol. The van der Waals surface area contributed by atoms with Crippen LogP contribution in [-0.4, -0.2) is 66.8 Å². The minimum atomic E-state index is -2.09. The molecule has 210 valence electrons. The van der Waals surface area contributed by atoms with E-state index in [9.17, 15) is 14.3 Å². The fraction of sp³-hybridized carbons (Fsp3) is 0.444. The van der Waals surface area contributed by atoms with Gasteiger partial charge >= 0.3 is 6.09 Å². The summed E-state index contributed by atoms with van der Waals surface area (Å²) in [5, 5.41) is 13.6. The first-order valence-corrected chi connectivity index (χ1v) is 15.9. The maximum atomic E-state index is 13.7. The normalized spacial score (nSPS) is 17.9. The summed E-state index contributed by atoms with van der Waals surface area (Å²) in [6, 6.07) is 7.31. The van der Waals surface area contributed by atoms with E-state index in [0.717, 1.165) is 0 Å². The van der Waals surface area contributed by atoms with Gasteiger partial charge < -0.3 is 24.3 Å². The highest BCUT2D eigenvalue weighted by atomic mass is 35.5. The lowest BCUT2D eigenvalue weighted by Gasteiger charge is -2.38. The Labute approximate surface area is 233 Å². The summed E-state index contributed by atoms with van der Waals surface area (Å²) in [6.45, 7) is 11.2. The Balaban J connectivity index is 1.61. The smallest absolute Gasteiger partial charge is 0.407 e. The van der Waals surface area contributed by atoms with E-state index in [-0.39, 0.29) is 29.3 Å². The third-order valence-electron chi connectivity index (χ3n) is 7.41. The van der Waals surface area contributed by atoms with Crippen molar-refractivity contribution in [3.05, 3.63) is 47.5 Å². The number of aromatic nitrogens is 2. The number of rotatable bonds is 8. The number of fused-ring (bicyclic) bond motifs is 1. The van der Waals surface area contributed by atoms with Crippen LogP contribution in [0.15, 0.2) is 36.7 Å². The average Bonchev–Trinajstić information content (AvgIpc) is 3.26. The summed E-state index contributed by atoms with van der Waals surface area (Å²) >= 11 is 5.96. The Morgan fingerprint density at radius 2 is 2.00 bits per heavy atom. The molecule has 39 heavy (non-hydrogen) atoms. The van der Waals surface area contributed by atoms with Crippen molar-refractivity contribution >= 4 is 48.4 Å². The van der Waals surface area contributed by atoms with E-state index < -0.39 is 26.3 Å². The molecule has 1 saturated heterocycles. The Morgan fingerprint density at radius 1 is 1.26 bits per heavy atom. The van der Waals surface area contributed by atoms with E-state index in [1.54, 1.807) is 18.2 Å². The van der Waals surface area contributed by atoms with Crippen LogP contribution in [0.2, 0.25) is 23.2 Å². The maximum Gasteiger partial charge on any atom is 0.407 e. The van der Waals surface area contributed by atoms with Crippen molar-refractivity contribution in [3.63, 3.8) is 0 Å². The van der Waals surface area contributed by atoms with Gasteiger partial charge in [-0.3, -0.25) is 4.90 Å². The molecule has 0 radical (unpaired) electrons. The van der Waals surface area contributed by atoms with Crippen LogP contribution in [0.5, 0.6) is 11.5 Å². The molecule has 2 N–H and O–H groups in total. The van der Waals surface area contributed by atoms with Gasteiger partial charge in [-0.25, -0.2) is 19.2 Å². The highest BCUT2D eigenvalue weighted by Gasteiger charge is 2.44. The highest BCUT2D eigenvalue weighted by Crippen LogP contribution is 2.40. The molecule has 1 amide bonds. The molecule has 9 nitrogen and oxygen atoms in total. The number of hydrogen-bond donors (Lipinski definition) is 2. The van der Waals surface area contributed by atoms with E-state index >= 15 is 0 Å². The molecule has 2 heterocycles. The number of benzene rings is 2. The molecule has 1 aromatic heterocycles. The van der Waals surface area contributed by atoms with Crippen molar-refractivity contribution in [1.29, 1.82) is 0 Å². The van der Waals surface area contributed by atoms with Crippen molar-refractivity contribution in [2.24, 2.45) is 0 Å². The van der Waals surface area contributed by atoms with Gasteiger partial charge in [-0.15, -0.1) is 0 Å². The van der Waals surface area contributed by atoms with Gasteiger partial charge in [0.1, 0.15) is 36.1 Å². The second-order valence-corrected chi connectivity index (χ2v) is 16.3. The van der Waals surface area contributed by atoms with Crippen LogP contribution in [0.4, 0.5) is 20.7 Å². The lowest BCUT2D eigenvalue weighted by Crippen LogP contribution is -2.44. The molecule has 3 aromatic rings. The van der Waals surface area contributed by atoms with Crippen molar-refractivity contribution in [2.75, 3.05) is 25.6 Å². The van der Waals surface area contributed by atoms with Gasteiger partial charge in [-0.1, -0.05) is 32.4 Å². The first kappa shape index (κ1) is 28.8. The highest BCUT2D eigenvalue weighted by molar-refractivity contribution is 6.74. The second-order valence-electron chi connectivity index (χ2n) is 11.1. The summed E-state index contributed by atoms with van der Waals surface area (Å²) in [5.41, 5.74) is 1.08. The minimum absolute atomic E-state index is 0.00724. The monoisotopic (exact) mass is 576 g/mol. The predicted octanol–water partition coefficient (Wildman–Crippen LogP) is 6.70. The molecule has 1 aliphatic heterocycles. The lowest BCUT2D eigenvalue weighted by atomic mass is 10.2. The van der Waals surface area contributed by atoms with Crippen molar-refractivity contribution in [1.82, 2.24) is 14.9 Å². The number of halogens is 2. The van der Waals surface area contributed by atoms with Crippen LogP contribution >= 0.6 is 11.6 Å². The van der Waals surface area contributed by atoms with Crippen LogP contribution < -0.4 is 14.8 Å². The molecule has 0 unspecified atom stereocenters. The number of ether oxygens (including phenoxy) is 2. The van der Waals surface area contributed by atoms with Gasteiger partial charge in [0.05, 0.1) is 35.2 Å². The molecule has 0 spiro atoms. The largest absolute Gasteiger partial charge is 0.497 e. The van der Waals surface area contributed by atoms with E-state index in [0.29, 0.717) is 40.3 Å². The number of carbonyl (C=O) groups is 1. The van der Waals surface area contributed by atoms with Gasteiger partial charge in [0, 0.05) is 24.4 Å². The molecule has 2 aromatic carbocycles. The van der Waals surface area contributed by atoms with E-state index in [1.165, 1.54) is 30.5 Å². The van der Waals surface area contributed by atoms with Gasteiger partial charge in [-0.05, 0) is 42.8 Å². The number of anilines is 2. The third-order valence-corrected chi connectivity index (χ3v) is 12.2. The standard InChI is InChI=1S/C27H34ClFN4O5Si/c1-27(2,3)39(5,6)38-19-10-17(33(13-19)26(34)35)14-37-23-12-18(36-4)11-22-24(23)25(31-15-30-22)32-16-7-8-21(29)20(28)9-16/h7-9,11-12,15,17,19H,10,13-14H2,1-6H3,(H,34,35)(H,30,31,32)/t17-,19+/m1/s1. The number of nitrogens with one attached hydrogen (secondary N) is 1. The molecular weight excluding hydrogens is 543 g/mol. The number of nitrogens with zero attached hydrogens (tertiary/aromatic N) is 3. The zero-order valence-electron chi connectivity index (χ0n) is 22.9. The van der Waals surface area contributed by atoms with Gasteiger partial charge in [-0.2, -0.15) is 0 Å². The topological polar surface area (TPSA) is 106 Å². The van der Waals surface area contributed by atoms with Gasteiger partial charge in [0.2, 0.25) is 0 Å². The van der Waals surface area contributed by atoms with Crippen LogP contribution in [-0.2, 0) is 4.43 Å². The fourth-order valence-electron chi connectivity index (χ4n) is 4.30. The number of hydrogen-bond acceptors (Lipinski definition) is 7. The van der Waals surface area contributed by atoms with Crippen LogP contribution in [0, 0.1) is 5.82 Å². The first-order chi connectivity index (χ1) is 18.3. The van der Waals surface area contributed by atoms with Crippen LogP contribution in [0.25, 0.3) is 10.9 Å². The number of methoxy groups -OCH3 is 1. The maximum absolute atomic E-state index is 13.7. The third kappa shape index (κ3) is 6.37. The fourth-order valence-corrected chi connectivity index (χ4v) is 5.84. The Bertz CT molecular complexity index is 1370. The quantitative estimate of drug-likeness (QED) is 0.285. The molecule has 0 saturated carbocycles. The van der Waals surface area contributed by atoms with E-state index in [2.05, 4.69) is 49.1 Å². The molecule has 12 heteroatoms. The molecule has 1 fully saturated rings. The molecule has 0 bridgehead atoms. The second kappa shape index (κ2) is 11.1. The number of likely N-dealkylation sites (tertiary alicyclic amines) is 1. The van der Waals surface area contributed by atoms with Crippen LogP contribution in [0.1, 0.15) is 27.2 Å². The SMILES string of the molecule is COc1cc(OC[C@H]2C[C@H](O[Si](C)(C)C(C)(C)C)CN2C(=O)O)c2c(Nc3ccc(F)c(Cl)c3)ncnc2c1. The molecule has 2 atom stereocenters. The number of carboxylic acid groups (broad SMARTS) is 1. The van der Waals surface area contributed by atoms with E-state index in [4.69, 9.17) is 25.5 Å². The minimum Gasteiger partial charge on any atom is -0.497 e. The predicted molar refractivity (Wildman–Crippen MR) is 151 cm³/mol. The van der Waals surface area contributed by atoms with Crippen LogP contribution in [0.3, 0.4) is 0 Å². The summed E-state index contributed by atoms with van der Waals surface area (Å²) < 4.78 is 31.9. The summed E-state index contributed by atoms with van der Waals surface area (Å²) in [7, 11) is -0.547. The molecular formula is C27H34ClFN4O5Si. The van der Waals surface area contributed by atoms with E-state index in [1.807, 2.05) is 0 Å². The van der Waals surface area contributed by atoms with Gasteiger partial charge in [0.15, 0.2) is 8.32 Å². The zero-order chi connectivity index (χ0) is 28.5. The summed E-state index contributed by atoms with van der Waals surface area (Å²) in [5.74, 6) is 0.826. The summed E-state index contributed by atoms with van der Waals surface area (Å²) in [4.78, 5) is 22.2. The Kier molecular flexibility index (Phi) is 8.24. The molecule has 0 aliphatic carbocycles.